The minimum absolute atomic E-state index is 0.213. The summed E-state index contributed by atoms with van der Waals surface area (Å²) in [7, 11) is 0. The molecular formula is C15H26N2O. The average molecular weight is 250 g/mol. The van der Waals surface area contributed by atoms with Crippen LogP contribution in [0.5, 0.6) is 0 Å². The molecule has 0 fully saturated rings. The van der Waals surface area contributed by atoms with Crippen LogP contribution in [0.4, 0.5) is 0 Å². The molecule has 0 aromatic carbocycles. The first kappa shape index (κ1) is 15.1. The molecule has 1 aromatic heterocycles. The first-order valence-corrected chi connectivity index (χ1v) is 6.99. The van der Waals surface area contributed by atoms with Crippen LogP contribution in [-0.4, -0.2) is 24.2 Å². The van der Waals surface area contributed by atoms with E-state index in [-0.39, 0.29) is 12.1 Å². The maximum Gasteiger partial charge on any atom is 0.0767 e. The second-order valence-electron chi connectivity index (χ2n) is 4.63. The van der Waals surface area contributed by atoms with Crippen LogP contribution in [0.15, 0.2) is 18.5 Å². The Morgan fingerprint density at radius 3 is 2.61 bits per heavy atom. The summed E-state index contributed by atoms with van der Waals surface area (Å²) in [5.74, 6) is 0. The molecule has 1 heterocycles. The maximum atomic E-state index is 5.85. The van der Waals surface area contributed by atoms with Crippen LogP contribution < -0.4 is 5.32 Å². The zero-order chi connectivity index (χ0) is 13.4. The van der Waals surface area contributed by atoms with E-state index >= 15 is 0 Å². The van der Waals surface area contributed by atoms with Gasteiger partial charge in [0.15, 0.2) is 0 Å². The van der Waals surface area contributed by atoms with Crippen LogP contribution in [0.25, 0.3) is 0 Å². The normalized spacial score (nSPS) is 14.4. The second kappa shape index (κ2) is 8.22. The molecule has 0 aliphatic carbocycles. The van der Waals surface area contributed by atoms with E-state index in [2.05, 4.69) is 37.1 Å². The van der Waals surface area contributed by atoms with Gasteiger partial charge in [-0.2, -0.15) is 0 Å². The lowest BCUT2D eigenvalue weighted by Gasteiger charge is -2.27. The molecule has 0 aliphatic rings. The number of aryl methyl sites for hydroxylation is 1. The van der Waals surface area contributed by atoms with Gasteiger partial charge in [-0.05, 0) is 44.4 Å². The lowest BCUT2D eigenvalue weighted by molar-refractivity contribution is 0.0313. The quantitative estimate of drug-likeness (QED) is 0.769. The molecule has 0 radical (unpaired) electrons. The van der Waals surface area contributed by atoms with Gasteiger partial charge in [-0.15, -0.1) is 0 Å². The number of hydrogen-bond donors (Lipinski definition) is 1. The zero-order valence-electron chi connectivity index (χ0n) is 12.1. The highest BCUT2D eigenvalue weighted by atomic mass is 16.5. The summed E-state index contributed by atoms with van der Waals surface area (Å²) >= 11 is 0. The number of rotatable bonds is 8. The SMILES string of the molecule is CCCNC(c1cncc(C)c1)C(CC)OCC. The van der Waals surface area contributed by atoms with Crippen molar-refractivity contribution in [1.29, 1.82) is 0 Å². The van der Waals surface area contributed by atoms with Gasteiger partial charge in [0.25, 0.3) is 0 Å². The molecule has 0 saturated carbocycles. The lowest BCUT2D eigenvalue weighted by Crippen LogP contribution is -2.34. The van der Waals surface area contributed by atoms with Crippen LogP contribution in [0.2, 0.25) is 0 Å². The molecule has 0 spiro atoms. The molecular weight excluding hydrogens is 224 g/mol. The van der Waals surface area contributed by atoms with Gasteiger partial charge in [0.1, 0.15) is 0 Å². The molecule has 0 aliphatic heterocycles. The summed E-state index contributed by atoms with van der Waals surface area (Å²) in [4.78, 5) is 4.29. The predicted octanol–water partition coefficient (Wildman–Crippen LogP) is 3.25. The Bertz CT molecular complexity index is 341. The van der Waals surface area contributed by atoms with Crippen LogP contribution in [-0.2, 0) is 4.74 Å². The molecule has 1 aromatic rings. The van der Waals surface area contributed by atoms with Gasteiger partial charge in [-0.1, -0.05) is 19.9 Å². The average Bonchev–Trinajstić information content (AvgIpc) is 2.38. The monoisotopic (exact) mass is 250 g/mol. The van der Waals surface area contributed by atoms with Crippen LogP contribution >= 0.6 is 0 Å². The van der Waals surface area contributed by atoms with Crippen LogP contribution in [0, 0.1) is 6.92 Å². The molecule has 1 N–H and O–H groups in total. The van der Waals surface area contributed by atoms with Crippen molar-refractivity contribution in [3.05, 3.63) is 29.6 Å². The summed E-state index contributed by atoms with van der Waals surface area (Å²) in [6.45, 7) is 10.2. The van der Waals surface area contributed by atoms with Crippen molar-refractivity contribution in [2.45, 2.75) is 52.7 Å². The Balaban J connectivity index is 2.88. The van der Waals surface area contributed by atoms with Crippen molar-refractivity contribution < 1.29 is 4.74 Å². The van der Waals surface area contributed by atoms with E-state index in [1.807, 2.05) is 19.3 Å². The molecule has 0 amide bonds. The molecule has 2 unspecified atom stereocenters. The fourth-order valence-electron chi connectivity index (χ4n) is 2.18. The third-order valence-electron chi connectivity index (χ3n) is 3.02. The number of ether oxygens (including phenoxy) is 1. The Morgan fingerprint density at radius 1 is 1.28 bits per heavy atom. The molecule has 3 nitrogen and oxygen atoms in total. The van der Waals surface area contributed by atoms with E-state index in [9.17, 15) is 0 Å². The molecule has 0 bridgehead atoms. The number of hydrogen-bond acceptors (Lipinski definition) is 3. The smallest absolute Gasteiger partial charge is 0.0767 e. The third-order valence-corrected chi connectivity index (χ3v) is 3.02. The van der Waals surface area contributed by atoms with Crippen molar-refractivity contribution in [1.82, 2.24) is 10.3 Å². The first-order chi connectivity index (χ1) is 8.72. The second-order valence-corrected chi connectivity index (χ2v) is 4.63. The number of aromatic nitrogens is 1. The molecule has 18 heavy (non-hydrogen) atoms. The van der Waals surface area contributed by atoms with Crippen molar-refractivity contribution in [2.75, 3.05) is 13.2 Å². The fraction of sp³-hybridized carbons (Fsp3) is 0.667. The third kappa shape index (κ3) is 4.39. The molecule has 1 rings (SSSR count). The van der Waals surface area contributed by atoms with E-state index in [1.165, 1.54) is 11.1 Å². The van der Waals surface area contributed by atoms with Crippen molar-refractivity contribution in [3.8, 4) is 0 Å². The number of pyridine rings is 1. The number of nitrogens with zero attached hydrogens (tertiary/aromatic N) is 1. The molecule has 3 heteroatoms. The van der Waals surface area contributed by atoms with Gasteiger partial charge < -0.3 is 10.1 Å². The summed E-state index contributed by atoms with van der Waals surface area (Å²) in [5.41, 5.74) is 2.42. The topological polar surface area (TPSA) is 34.2 Å². The first-order valence-electron chi connectivity index (χ1n) is 6.99. The molecule has 0 saturated heterocycles. The van der Waals surface area contributed by atoms with Crippen molar-refractivity contribution in [3.63, 3.8) is 0 Å². The highest BCUT2D eigenvalue weighted by Crippen LogP contribution is 2.22. The Hall–Kier alpha value is -0.930. The highest BCUT2D eigenvalue weighted by Gasteiger charge is 2.21. The summed E-state index contributed by atoms with van der Waals surface area (Å²) in [5, 5.41) is 3.58. The van der Waals surface area contributed by atoms with Gasteiger partial charge in [0.05, 0.1) is 12.1 Å². The summed E-state index contributed by atoms with van der Waals surface area (Å²) in [6, 6.07) is 2.43. The largest absolute Gasteiger partial charge is 0.377 e. The van der Waals surface area contributed by atoms with Gasteiger partial charge in [0.2, 0.25) is 0 Å². The van der Waals surface area contributed by atoms with Crippen LogP contribution in [0.3, 0.4) is 0 Å². The van der Waals surface area contributed by atoms with Gasteiger partial charge in [-0.25, -0.2) is 0 Å². The molecule has 2 atom stereocenters. The Kier molecular flexibility index (Phi) is 6.91. The standard InChI is InChI=1S/C15H26N2O/c1-5-8-17-15(14(6-2)18-7-3)13-9-12(4)10-16-11-13/h9-11,14-15,17H,5-8H2,1-4H3. The maximum absolute atomic E-state index is 5.85. The fourth-order valence-corrected chi connectivity index (χ4v) is 2.18. The van der Waals surface area contributed by atoms with Crippen LogP contribution in [0.1, 0.15) is 50.8 Å². The number of nitrogens with one attached hydrogen (secondary N) is 1. The van der Waals surface area contributed by atoms with Gasteiger partial charge in [-0.3, -0.25) is 4.98 Å². The summed E-state index contributed by atoms with van der Waals surface area (Å²) in [6.07, 6.45) is 6.18. The Labute approximate surface area is 111 Å². The van der Waals surface area contributed by atoms with Crippen molar-refractivity contribution >= 4 is 0 Å². The zero-order valence-corrected chi connectivity index (χ0v) is 12.1. The highest BCUT2D eigenvalue weighted by molar-refractivity contribution is 5.21. The summed E-state index contributed by atoms with van der Waals surface area (Å²) < 4.78 is 5.85. The predicted molar refractivity (Wildman–Crippen MR) is 75.7 cm³/mol. The van der Waals surface area contributed by atoms with Gasteiger partial charge >= 0.3 is 0 Å². The van der Waals surface area contributed by atoms with Gasteiger partial charge in [0, 0.05) is 19.0 Å². The van der Waals surface area contributed by atoms with E-state index in [0.717, 1.165) is 26.0 Å². The van der Waals surface area contributed by atoms with E-state index < -0.39 is 0 Å². The molecule has 102 valence electrons. The lowest BCUT2D eigenvalue weighted by atomic mass is 10.00. The Morgan fingerprint density at radius 2 is 2.06 bits per heavy atom. The minimum atomic E-state index is 0.213. The minimum Gasteiger partial charge on any atom is -0.377 e. The van der Waals surface area contributed by atoms with Crippen molar-refractivity contribution in [2.24, 2.45) is 0 Å². The van der Waals surface area contributed by atoms with E-state index in [4.69, 9.17) is 4.74 Å². The van der Waals surface area contributed by atoms with E-state index in [1.54, 1.807) is 0 Å². The van der Waals surface area contributed by atoms with E-state index in [0.29, 0.717) is 0 Å².